The van der Waals surface area contributed by atoms with E-state index < -0.39 is 0 Å². The predicted octanol–water partition coefficient (Wildman–Crippen LogP) is 3.88. The van der Waals surface area contributed by atoms with E-state index >= 15 is 0 Å². The SMILES string of the molecule is C.C[C@H]1C=C2NC(=O)CC[C@]2(C)C2CC[C@]3(C)C[C@@H](O)CC3C21. The maximum atomic E-state index is 11.8. The Morgan fingerprint density at radius 1 is 1.26 bits per heavy atom. The Morgan fingerprint density at radius 3 is 2.74 bits per heavy atom. The summed E-state index contributed by atoms with van der Waals surface area (Å²) < 4.78 is 0. The van der Waals surface area contributed by atoms with E-state index in [2.05, 4.69) is 32.2 Å². The van der Waals surface area contributed by atoms with Crippen LogP contribution in [0.15, 0.2) is 11.8 Å². The van der Waals surface area contributed by atoms with Gasteiger partial charge in [0.05, 0.1) is 6.10 Å². The van der Waals surface area contributed by atoms with Crippen molar-refractivity contribution in [3.63, 3.8) is 0 Å². The van der Waals surface area contributed by atoms with E-state index in [0.717, 1.165) is 19.3 Å². The molecule has 0 radical (unpaired) electrons. The van der Waals surface area contributed by atoms with Crippen LogP contribution in [0.2, 0.25) is 0 Å². The van der Waals surface area contributed by atoms with Crippen LogP contribution in [0.4, 0.5) is 0 Å². The normalized spacial score (nSPS) is 51.6. The summed E-state index contributed by atoms with van der Waals surface area (Å²) in [7, 11) is 0. The molecule has 3 fully saturated rings. The number of hydrogen-bond donors (Lipinski definition) is 2. The zero-order valence-electron chi connectivity index (χ0n) is 14.1. The second-order valence-corrected chi connectivity index (χ2v) is 8.98. The highest BCUT2D eigenvalue weighted by Crippen LogP contribution is 2.64. The summed E-state index contributed by atoms with van der Waals surface area (Å²) in [4.78, 5) is 11.8. The highest BCUT2D eigenvalue weighted by atomic mass is 16.3. The first-order valence-electron chi connectivity index (χ1n) is 9.04. The number of hydrogen-bond acceptors (Lipinski definition) is 2. The monoisotopic (exact) mass is 319 g/mol. The van der Waals surface area contributed by atoms with Crippen molar-refractivity contribution in [2.24, 2.45) is 34.5 Å². The smallest absolute Gasteiger partial charge is 0.224 e. The third-order valence-corrected chi connectivity index (χ3v) is 7.69. The van der Waals surface area contributed by atoms with Gasteiger partial charge in [-0.05, 0) is 61.2 Å². The van der Waals surface area contributed by atoms with Crippen molar-refractivity contribution < 1.29 is 9.90 Å². The quantitative estimate of drug-likeness (QED) is 0.712. The number of piperidine rings is 1. The van der Waals surface area contributed by atoms with E-state index in [1.165, 1.54) is 18.5 Å². The van der Waals surface area contributed by atoms with Crippen LogP contribution in [-0.2, 0) is 4.79 Å². The number of carbonyl (C=O) groups is 1. The van der Waals surface area contributed by atoms with Gasteiger partial charge in [0.2, 0.25) is 5.91 Å². The van der Waals surface area contributed by atoms with E-state index in [0.29, 0.717) is 35.5 Å². The number of aliphatic hydroxyl groups is 1. The molecule has 3 aliphatic carbocycles. The number of nitrogens with one attached hydrogen (secondary N) is 1. The van der Waals surface area contributed by atoms with E-state index in [9.17, 15) is 9.90 Å². The molecule has 1 heterocycles. The Balaban J connectivity index is 0.00000156. The van der Waals surface area contributed by atoms with Gasteiger partial charge in [-0.1, -0.05) is 34.3 Å². The first-order chi connectivity index (χ1) is 10.3. The van der Waals surface area contributed by atoms with Gasteiger partial charge in [-0.25, -0.2) is 0 Å². The van der Waals surface area contributed by atoms with Gasteiger partial charge in [-0.3, -0.25) is 4.79 Å². The highest BCUT2D eigenvalue weighted by Gasteiger charge is 2.59. The lowest BCUT2D eigenvalue weighted by molar-refractivity contribution is -0.125. The molecule has 0 aromatic heterocycles. The first-order valence-corrected chi connectivity index (χ1v) is 9.04. The lowest BCUT2D eigenvalue weighted by Crippen LogP contribution is -2.54. The Morgan fingerprint density at radius 2 is 2.00 bits per heavy atom. The summed E-state index contributed by atoms with van der Waals surface area (Å²) >= 11 is 0. The molecule has 0 bridgehead atoms. The molecule has 1 aliphatic heterocycles. The summed E-state index contributed by atoms with van der Waals surface area (Å²) in [6.07, 6.45) is 8.34. The summed E-state index contributed by atoms with van der Waals surface area (Å²) in [5, 5.41) is 13.4. The highest BCUT2D eigenvalue weighted by molar-refractivity contribution is 5.79. The zero-order valence-corrected chi connectivity index (χ0v) is 14.1. The molecular weight excluding hydrogens is 286 g/mol. The van der Waals surface area contributed by atoms with Crippen LogP contribution in [0.5, 0.6) is 0 Å². The van der Waals surface area contributed by atoms with Crippen LogP contribution >= 0.6 is 0 Å². The van der Waals surface area contributed by atoms with Gasteiger partial charge < -0.3 is 10.4 Å². The van der Waals surface area contributed by atoms with Crippen molar-refractivity contribution >= 4 is 5.91 Å². The van der Waals surface area contributed by atoms with Crippen molar-refractivity contribution in [1.82, 2.24) is 5.32 Å². The van der Waals surface area contributed by atoms with Crippen molar-refractivity contribution in [3.8, 4) is 0 Å². The average molecular weight is 319 g/mol. The number of rotatable bonds is 0. The number of aliphatic hydroxyl groups excluding tert-OH is 1. The van der Waals surface area contributed by atoms with Crippen LogP contribution in [0.1, 0.15) is 66.7 Å². The molecule has 2 N–H and O–H groups in total. The minimum atomic E-state index is -0.106. The Kier molecular flexibility index (Phi) is 3.95. The molecule has 23 heavy (non-hydrogen) atoms. The molecule has 3 heteroatoms. The lowest BCUT2D eigenvalue weighted by Gasteiger charge is -2.58. The number of carbonyl (C=O) groups excluding carboxylic acids is 1. The summed E-state index contributed by atoms with van der Waals surface area (Å²) in [5.41, 5.74) is 1.66. The maximum absolute atomic E-state index is 11.8. The van der Waals surface area contributed by atoms with Gasteiger partial charge in [0, 0.05) is 17.5 Å². The van der Waals surface area contributed by atoms with Gasteiger partial charge >= 0.3 is 0 Å². The van der Waals surface area contributed by atoms with Gasteiger partial charge in [0.15, 0.2) is 0 Å². The van der Waals surface area contributed by atoms with E-state index in [4.69, 9.17) is 0 Å². The minimum absolute atomic E-state index is 0. The van der Waals surface area contributed by atoms with Crippen molar-refractivity contribution in [2.75, 3.05) is 0 Å². The second-order valence-electron chi connectivity index (χ2n) is 8.98. The molecule has 0 aromatic carbocycles. The summed E-state index contributed by atoms with van der Waals surface area (Å²) in [6, 6.07) is 0. The summed E-state index contributed by atoms with van der Waals surface area (Å²) in [5.74, 6) is 2.65. The Labute approximate surface area is 140 Å². The number of allylic oxidation sites excluding steroid dienone is 2. The van der Waals surface area contributed by atoms with Crippen LogP contribution < -0.4 is 5.32 Å². The van der Waals surface area contributed by atoms with Gasteiger partial charge in [0.1, 0.15) is 0 Å². The van der Waals surface area contributed by atoms with Gasteiger partial charge in [-0.15, -0.1) is 0 Å². The molecule has 0 aromatic rings. The van der Waals surface area contributed by atoms with Crippen LogP contribution in [-0.4, -0.2) is 17.1 Å². The lowest BCUT2D eigenvalue weighted by atomic mass is 9.48. The minimum Gasteiger partial charge on any atom is -0.393 e. The third kappa shape index (κ3) is 2.30. The maximum Gasteiger partial charge on any atom is 0.224 e. The van der Waals surface area contributed by atoms with Crippen LogP contribution in [0.25, 0.3) is 0 Å². The molecule has 4 rings (SSSR count). The fourth-order valence-corrected chi connectivity index (χ4v) is 6.55. The van der Waals surface area contributed by atoms with Crippen molar-refractivity contribution in [1.29, 1.82) is 0 Å². The molecule has 1 amide bonds. The molecule has 4 aliphatic rings. The molecule has 130 valence electrons. The number of amides is 1. The van der Waals surface area contributed by atoms with Crippen molar-refractivity contribution in [2.45, 2.75) is 72.8 Å². The van der Waals surface area contributed by atoms with Crippen molar-refractivity contribution in [3.05, 3.63) is 11.8 Å². The fraction of sp³-hybridized carbons (Fsp3) is 0.850. The third-order valence-electron chi connectivity index (χ3n) is 7.69. The molecular formula is C20H33NO2. The van der Waals surface area contributed by atoms with Crippen LogP contribution in [0, 0.1) is 34.5 Å². The molecule has 7 atom stereocenters. The molecule has 2 saturated carbocycles. The Bertz CT molecular complexity index is 542. The standard InChI is InChI=1S/C19H29NO2.CH4/c1-11-8-15-19(3,7-5-16(22)20-15)13-4-6-18(2)10-12(21)9-14(18)17(11)13;/h8,11-14,17,21H,4-7,9-10H2,1-3H3,(H,20,22);1H4/t11-,12-,13?,14?,17?,18+,19+;/m0./s1. The molecule has 3 unspecified atom stereocenters. The van der Waals surface area contributed by atoms with E-state index in [1.807, 2.05) is 0 Å². The summed E-state index contributed by atoms with van der Waals surface area (Å²) in [6.45, 7) is 7.10. The van der Waals surface area contributed by atoms with E-state index in [-0.39, 0.29) is 24.9 Å². The van der Waals surface area contributed by atoms with Crippen LogP contribution in [0.3, 0.4) is 0 Å². The van der Waals surface area contributed by atoms with E-state index in [1.54, 1.807) is 0 Å². The molecule has 1 saturated heterocycles. The zero-order chi connectivity index (χ0) is 15.7. The predicted molar refractivity (Wildman–Crippen MR) is 92.5 cm³/mol. The Hall–Kier alpha value is -0.830. The fourth-order valence-electron chi connectivity index (χ4n) is 6.55. The molecule has 3 nitrogen and oxygen atoms in total. The second kappa shape index (κ2) is 5.34. The van der Waals surface area contributed by atoms with Gasteiger partial charge in [0.25, 0.3) is 0 Å². The van der Waals surface area contributed by atoms with Gasteiger partial charge in [-0.2, -0.15) is 0 Å². The number of fused-ring (bicyclic) bond motifs is 5. The molecule has 0 spiro atoms. The average Bonchev–Trinajstić information content (AvgIpc) is 2.75. The topological polar surface area (TPSA) is 49.3 Å². The largest absolute Gasteiger partial charge is 0.393 e. The first kappa shape index (κ1) is 17.0.